The van der Waals surface area contributed by atoms with Crippen molar-refractivity contribution < 1.29 is 32.2 Å². The molecule has 0 spiro atoms. The summed E-state index contributed by atoms with van der Waals surface area (Å²) in [7, 11) is -1.19. The Kier molecular flexibility index (Phi) is 6.97. The number of hydrogen-bond donors (Lipinski definition) is 0. The molecule has 0 radical (unpaired) electrons. The molecule has 9 heteroatoms. The molecule has 166 valence electrons. The SMILES string of the molecule is COC(=O)c1ccc(OC(=O)c2ccc(OC)c(S(=O)(=O)N3CCCCC3C)c2)cc1. The Labute approximate surface area is 181 Å². The standard InChI is InChI=1S/C22H25NO7S/c1-15-6-4-5-13-23(15)31(26,27)20-14-17(9-12-19(20)28-2)22(25)30-18-10-7-16(8-11-18)21(24)29-3/h7-12,14-15H,4-6,13H2,1-3H3. The minimum Gasteiger partial charge on any atom is -0.495 e. The second-order valence-electron chi connectivity index (χ2n) is 7.23. The van der Waals surface area contributed by atoms with Crippen molar-refractivity contribution >= 4 is 22.0 Å². The summed E-state index contributed by atoms with van der Waals surface area (Å²) in [4.78, 5) is 24.1. The Morgan fingerprint density at radius 3 is 2.26 bits per heavy atom. The average Bonchev–Trinajstić information content (AvgIpc) is 2.78. The zero-order chi connectivity index (χ0) is 22.6. The predicted octanol–water partition coefficient (Wildman–Crippen LogP) is 3.26. The molecular weight excluding hydrogens is 422 g/mol. The molecule has 1 unspecified atom stereocenters. The van der Waals surface area contributed by atoms with Gasteiger partial charge in [-0.05, 0) is 62.2 Å². The molecule has 1 heterocycles. The number of ether oxygens (including phenoxy) is 3. The van der Waals surface area contributed by atoms with E-state index in [-0.39, 0.29) is 28.0 Å². The molecule has 2 aromatic rings. The zero-order valence-electron chi connectivity index (χ0n) is 17.7. The first-order valence-corrected chi connectivity index (χ1v) is 11.3. The molecule has 0 aliphatic carbocycles. The Bertz CT molecular complexity index is 1060. The Hall–Kier alpha value is -2.91. The van der Waals surface area contributed by atoms with Crippen molar-refractivity contribution in [3.05, 3.63) is 53.6 Å². The number of carbonyl (C=O) groups is 2. The second kappa shape index (κ2) is 9.49. The molecule has 1 fully saturated rings. The van der Waals surface area contributed by atoms with Crippen LogP contribution in [0.25, 0.3) is 0 Å². The smallest absolute Gasteiger partial charge is 0.343 e. The van der Waals surface area contributed by atoms with Gasteiger partial charge >= 0.3 is 11.9 Å². The van der Waals surface area contributed by atoms with Crippen LogP contribution in [0.2, 0.25) is 0 Å². The molecule has 0 aromatic heterocycles. The van der Waals surface area contributed by atoms with E-state index in [0.717, 1.165) is 19.3 Å². The van der Waals surface area contributed by atoms with Crippen LogP contribution in [0.15, 0.2) is 47.4 Å². The van der Waals surface area contributed by atoms with Gasteiger partial charge in [0.1, 0.15) is 16.4 Å². The summed E-state index contributed by atoms with van der Waals surface area (Å²) in [5.41, 5.74) is 0.386. The Morgan fingerprint density at radius 2 is 1.65 bits per heavy atom. The molecule has 1 saturated heterocycles. The third-order valence-corrected chi connectivity index (χ3v) is 7.25. The number of esters is 2. The highest BCUT2D eigenvalue weighted by Gasteiger charge is 2.33. The highest BCUT2D eigenvalue weighted by molar-refractivity contribution is 7.89. The maximum absolute atomic E-state index is 13.3. The monoisotopic (exact) mass is 447 g/mol. The van der Waals surface area contributed by atoms with Crippen LogP contribution in [0.1, 0.15) is 46.9 Å². The normalized spacial score (nSPS) is 17.1. The molecule has 0 N–H and O–H groups in total. The number of piperidine rings is 1. The zero-order valence-corrected chi connectivity index (χ0v) is 18.5. The van der Waals surface area contributed by atoms with E-state index in [9.17, 15) is 18.0 Å². The van der Waals surface area contributed by atoms with E-state index in [1.54, 1.807) is 0 Å². The van der Waals surface area contributed by atoms with Crippen molar-refractivity contribution in [3.8, 4) is 11.5 Å². The van der Waals surface area contributed by atoms with Gasteiger partial charge in [0.25, 0.3) is 0 Å². The summed E-state index contributed by atoms with van der Waals surface area (Å²) in [6, 6.07) is 9.89. The maximum Gasteiger partial charge on any atom is 0.343 e. The first-order valence-electron chi connectivity index (χ1n) is 9.88. The maximum atomic E-state index is 13.3. The quantitative estimate of drug-likeness (QED) is 0.495. The van der Waals surface area contributed by atoms with Gasteiger partial charge in [0.2, 0.25) is 10.0 Å². The number of carbonyl (C=O) groups excluding carboxylic acids is 2. The van der Waals surface area contributed by atoms with Crippen molar-refractivity contribution in [2.45, 2.75) is 37.1 Å². The van der Waals surface area contributed by atoms with E-state index in [4.69, 9.17) is 9.47 Å². The summed E-state index contributed by atoms with van der Waals surface area (Å²) >= 11 is 0. The lowest BCUT2D eigenvalue weighted by molar-refractivity contribution is 0.0600. The van der Waals surface area contributed by atoms with Gasteiger partial charge in [0.15, 0.2) is 0 Å². The molecule has 0 bridgehead atoms. The van der Waals surface area contributed by atoms with Gasteiger partial charge in [-0.1, -0.05) is 6.42 Å². The third-order valence-electron chi connectivity index (χ3n) is 5.21. The number of sulfonamides is 1. The van der Waals surface area contributed by atoms with Crippen LogP contribution in [-0.2, 0) is 14.8 Å². The van der Waals surface area contributed by atoms with E-state index in [2.05, 4.69) is 4.74 Å². The summed E-state index contributed by atoms with van der Waals surface area (Å²) < 4.78 is 43.3. The van der Waals surface area contributed by atoms with Gasteiger partial charge in [-0.2, -0.15) is 4.31 Å². The van der Waals surface area contributed by atoms with Crippen molar-refractivity contribution in [1.29, 1.82) is 0 Å². The van der Waals surface area contributed by atoms with Gasteiger partial charge < -0.3 is 14.2 Å². The van der Waals surface area contributed by atoms with E-state index >= 15 is 0 Å². The molecular formula is C22H25NO7S. The molecule has 8 nitrogen and oxygen atoms in total. The first-order chi connectivity index (χ1) is 14.8. The number of hydrogen-bond acceptors (Lipinski definition) is 7. The molecule has 0 amide bonds. The fourth-order valence-corrected chi connectivity index (χ4v) is 5.39. The van der Waals surface area contributed by atoms with E-state index in [1.165, 1.54) is 61.0 Å². The minimum atomic E-state index is -3.85. The van der Waals surface area contributed by atoms with Crippen molar-refractivity contribution in [1.82, 2.24) is 4.31 Å². The molecule has 1 aliphatic rings. The Morgan fingerprint density at radius 1 is 0.968 bits per heavy atom. The molecule has 3 rings (SSSR count). The summed E-state index contributed by atoms with van der Waals surface area (Å²) in [6.07, 6.45) is 2.55. The van der Waals surface area contributed by atoms with E-state index in [0.29, 0.717) is 12.1 Å². The predicted molar refractivity (Wildman–Crippen MR) is 113 cm³/mol. The van der Waals surface area contributed by atoms with Crippen LogP contribution in [0.3, 0.4) is 0 Å². The van der Waals surface area contributed by atoms with Crippen molar-refractivity contribution in [2.75, 3.05) is 20.8 Å². The molecule has 0 saturated carbocycles. The number of benzene rings is 2. The fraction of sp³-hybridized carbons (Fsp3) is 0.364. The Balaban J connectivity index is 1.87. The average molecular weight is 448 g/mol. The lowest BCUT2D eigenvalue weighted by Crippen LogP contribution is -2.42. The van der Waals surface area contributed by atoms with Gasteiger partial charge in [0.05, 0.1) is 25.3 Å². The molecule has 2 aromatic carbocycles. The van der Waals surface area contributed by atoms with Gasteiger partial charge in [-0.15, -0.1) is 0 Å². The number of methoxy groups -OCH3 is 2. The third kappa shape index (κ3) is 4.88. The molecule has 31 heavy (non-hydrogen) atoms. The van der Waals surface area contributed by atoms with Crippen LogP contribution >= 0.6 is 0 Å². The highest BCUT2D eigenvalue weighted by Crippen LogP contribution is 2.32. The molecule has 1 atom stereocenters. The first kappa shape index (κ1) is 22.8. The molecule has 1 aliphatic heterocycles. The van der Waals surface area contributed by atoms with Crippen LogP contribution in [-0.4, -0.2) is 51.5 Å². The lowest BCUT2D eigenvalue weighted by atomic mass is 10.1. The van der Waals surface area contributed by atoms with Crippen LogP contribution in [0, 0.1) is 0 Å². The minimum absolute atomic E-state index is 0.0701. The number of rotatable bonds is 6. The van der Waals surface area contributed by atoms with E-state index in [1.807, 2.05) is 6.92 Å². The summed E-state index contributed by atoms with van der Waals surface area (Å²) in [5, 5.41) is 0. The van der Waals surface area contributed by atoms with Gasteiger partial charge in [0, 0.05) is 12.6 Å². The van der Waals surface area contributed by atoms with Crippen LogP contribution < -0.4 is 9.47 Å². The number of nitrogens with zero attached hydrogens (tertiary/aromatic N) is 1. The highest BCUT2D eigenvalue weighted by atomic mass is 32.2. The van der Waals surface area contributed by atoms with Crippen molar-refractivity contribution in [3.63, 3.8) is 0 Å². The van der Waals surface area contributed by atoms with Gasteiger partial charge in [-0.25, -0.2) is 18.0 Å². The van der Waals surface area contributed by atoms with Crippen LogP contribution in [0.5, 0.6) is 11.5 Å². The second-order valence-corrected chi connectivity index (χ2v) is 9.09. The largest absolute Gasteiger partial charge is 0.495 e. The summed E-state index contributed by atoms with van der Waals surface area (Å²) in [5.74, 6) is -0.856. The topological polar surface area (TPSA) is 99.2 Å². The van der Waals surface area contributed by atoms with Gasteiger partial charge in [-0.3, -0.25) is 0 Å². The van der Waals surface area contributed by atoms with E-state index < -0.39 is 22.0 Å². The van der Waals surface area contributed by atoms with Crippen LogP contribution in [0.4, 0.5) is 0 Å². The van der Waals surface area contributed by atoms with Crippen molar-refractivity contribution in [2.24, 2.45) is 0 Å². The summed E-state index contributed by atoms with van der Waals surface area (Å²) in [6.45, 7) is 2.30. The lowest BCUT2D eigenvalue weighted by Gasteiger charge is -2.32. The fourth-order valence-electron chi connectivity index (χ4n) is 3.50.